The molecule has 0 radical (unpaired) electrons. The summed E-state index contributed by atoms with van der Waals surface area (Å²) in [5.74, 6) is 0.109. The molecule has 1 aromatic carbocycles. The van der Waals surface area contributed by atoms with Gasteiger partial charge in [-0.15, -0.1) is 0 Å². The van der Waals surface area contributed by atoms with E-state index in [2.05, 4.69) is 30.4 Å². The van der Waals surface area contributed by atoms with Crippen LogP contribution in [0.4, 0.5) is 19.0 Å². The van der Waals surface area contributed by atoms with Crippen LogP contribution in [-0.2, 0) is 12.7 Å². The van der Waals surface area contributed by atoms with Crippen LogP contribution in [0.3, 0.4) is 0 Å². The molecule has 0 fully saturated rings. The van der Waals surface area contributed by atoms with Crippen LogP contribution in [0.25, 0.3) is 22.6 Å². The number of carbonyl (C=O) groups excluding carboxylic acids is 1. The molecule has 9 nitrogen and oxygen atoms in total. The van der Waals surface area contributed by atoms with Crippen LogP contribution in [-0.4, -0.2) is 31.0 Å². The summed E-state index contributed by atoms with van der Waals surface area (Å²) in [5, 5.41) is 6.41. The van der Waals surface area contributed by atoms with E-state index in [1.807, 2.05) is 0 Å². The largest absolute Gasteiger partial charge is 0.416 e. The smallest absolute Gasteiger partial charge is 0.384 e. The van der Waals surface area contributed by atoms with E-state index < -0.39 is 17.6 Å². The van der Waals surface area contributed by atoms with Gasteiger partial charge in [0, 0.05) is 12.1 Å². The van der Waals surface area contributed by atoms with Crippen molar-refractivity contribution in [3.05, 3.63) is 53.6 Å². The van der Waals surface area contributed by atoms with E-state index in [9.17, 15) is 18.0 Å². The van der Waals surface area contributed by atoms with Crippen molar-refractivity contribution in [3.63, 3.8) is 0 Å². The quantitative estimate of drug-likeness (QED) is 0.476. The number of nitrogens with one attached hydrogen (secondary N) is 2. The average Bonchev–Trinajstić information content (AvgIpc) is 3.31. The fourth-order valence-corrected chi connectivity index (χ4v) is 2.57. The van der Waals surface area contributed by atoms with Crippen LogP contribution >= 0.6 is 0 Å². The van der Waals surface area contributed by atoms with E-state index in [0.717, 1.165) is 12.1 Å². The lowest BCUT2D eigenvalue weighted by Crippen LogP contribution is -2.24. The van der Waals surface area contributed by atoms with Crippen molar-refractivity contribution in [3.8, 4) is 11.6 Å². The number of hydrogen-bond acceptors (Lipinski definition) is 7. The summed E-state index contributed by atoms with van der Waals surface area (Å²) in [6.45, 7) is 0.0324. The molecule has 0 unspecified atom stereocenters. The van der Waals surface area contributed by atoms with Gasteiger partial charge in [0.15, 0.2) is 5.82 Å². The molecule has 0 bridgehead atoms. The van der Waals surface area contributed by atoms with E-state index >= 15 is 0 Å². The zero-order valence-electron chi connectivity index (χ0n) is 14.5. The summed E-state index contributed by atoms with van der Waals surface area (Å²) in [6, 6.07) is 6.03. The number of benzene rings is 1. The molecule has 1 amide bonds. The SMILES string of the molecule is Nc1cc(C(=O)NCc2cc(-c3nc4ccc(C(F)(F)F)cc4[nH]3)on2)ncn1. The molecular formula is C17H12F3N7O2. The Kier molecular flexibility index (Phi) is 4.37. The molecule has 0 spiro atoms. The standard InChI is InChI=1S/C17H12F3N7O2/c18-17(19,20)8-1-2-10-11(3-8)26-15(25-10)13-4-9(27-29-13)6-22-16(28)12-5-14(21)24-7-23-12/h1-5,7H,6H2,(H,22,28)(H,25,26)(H2,21,23,24). The maximum atomic E-state index is 12.8. The second-order valence-electron chi connectivity index (χ2n) is 6.01. The minimum absolute atomic E-state index is 0.0324. The van der Waals surface area contributed by atoms with Crippen molar-refractivity contribution >= 4 is 22.8 Å². The summed E-state index contributed by atoms with van der Waals surface area (Å²) >= 11 is 0. The number of aromatic amines is 1. The zero-order valence-corrected chi connectivity index (χ0v) is 14.5. The molecular weight excluding hydrogens is 391 g/mol. The minimum Gasteiger partial charge on any atom is -0.384 e. The van der Waals surface area contributed by atoms with Gasteiger partial charge in [0.25, 0.3) is 5.91 Å². The fourth-order valence-electron chi connectivity index (χ4n) is 2.57. The molecule has 0 aliphatic heterocycles. The van der Waals surface area contributed by atoms with Crippen molar-refractivity contribution in [2.75, 3.05) is 5.73 Å². The Labute approximate surface area is 160 Å². The molecule has 0 atom stereocenters. The van der Waals surface area contributed by atoms with Crippen molar-refractivity contribution in [1.29, 1.82) is 0 Å². The first-order valence-corrected chi connectivity index (χ1v) is 8.18. The van der Waals surface area contributed by atoms with Crippen LogP contribution < -0.4 is 11.1 Å². The highest BCUT2D eigenvalue weighted by Crippen LogP contribution is 2.31. The fraction of sp³-hybridized carbons (Fsp3) is 0.118. The maximum absolute atomic E-state index is 12.8. The van der Waals surface area contributed by atoms with Crippen LogP contribution in [0.5, 0.6) is 0 Å². The topological polar surface area (TPSA) is 136 Å². The van der Waals surface area contributed by atoms with Gasteiger partial charge in [-0.2, -0.15) is 13.2 Å². The molecule has 3 heterocycles. The Hall–Kier alpha value is -3.96. The van der Waals surface area contributed by atoms with Crippen LogP contribution in [0.1, 0.15) is 21.7 Å². The molecule has 0 saturated carbocycles. The number of alkyl halides is 3. The summed E-state index contributed by atoms with van der Waals surface area (Å²) in [6.07, 6.45) is -3.28. The molecule has 0 saturated heterocycles. The Morgan fingerprint density at radius 2 is 2.03 bits per heavy atom. The van der Waals surface area contributed by atoms with Gasteiger partial charge in [-0.25, -0.2) is 15.0 Å². The Morgan fingerprint density at radius 3 is 2.79 bits per heavy atom. The number of hydrogen-bond donors (Lipinski definition) is 3. The molecule has 148 valence electrons. The van der Waals surface area contributed by atoms with Gasteiger partial charge in [0.05, 0.1) is 23.1 Å². The Balaban J connectivity index is 1.49. The molecule has 12 heteroatoms. The third kappa shape index (κ3) is 3.85. The summed E-state index contributed by atoms with van der Waals surface area (Å²) in [7, 11) is 0. The number of aromatic nitrogens is 5. The van der Waals surface area contributed by atoms with Crippen LogP contribution in [0, 0.1) is 0 Å². The Bertz CT molecular complexity index is 1200. The van der Waals surface area contributed by atoms with Gasteiger partial charge in [-0.1, -0.05) is 5.16 Å². The van der Waals surface area contributed by atoms with E-state index in [0.29, 0.717) is 11.2 Å². The zero-order chi connectivity index (χ0) is 20.6. The minimum atomic E-state index is -4.45. The summed E-state index contributed by atoms with van der Waals surface area (Å²) in [4.78, 5) is 26.5. The molecule has 4 rings (SSSR count). The summed E-state index contributed by atoms with van der Waals surface area (Å²) < 4.78 is 43.7. The molecule has 0 aliphatic rings. The lowest BCUT2D eigenvalue weighted by atomic mass is 10.2. The molecule has 3 aromatic heterocycles. The number of nitrogens with two attached hydrogens (primary N) is 1. The number of nitrogens with zero attached hydrogens (tertiary/aromatic N) is 4. The average molecular weight is 403 g/mol. The van der Waals surface area contributed by atoms with E-state index in [1.165, 1.54) is 24.5 Å². The highest BCUT2D eigenvalue weighted by Gasteiger charge is 2.30. The van der Waals surface area contributed by atoms with Crippen molar-refractivity contribution < 1.29 is 22.5 Å². The third-order valence-electron chi connectivity index (χ3n) is 3.95. The van der Waals surface area contributed by atoms with Gasteiger partial charge in [0.1, 0.15) is 23.5 Å². The third-order valence-corrected chi connectivity index (χ3v) is 3.95. The lowest BCUT2D eigenvalue weighted by Gasteiger charge is -2.04. The van der Waals surface area contributed by atoms with Gasteiger partial charge in [-0.05, 0) is 18.2 Å². The second-order valence-corrected chi connectivity index (χ2v) is 6.01. The molecule has 4 aromatic rings. The van der Waals surface area contributed by atoms with E-state index in [4.69, 9.17) is 10.3 Å². The number of rotatable bonds is 4. The highest BCUT2D eigenvalue weighted by atomic mass is 19.4. The van der Waals surface area contributed by atoms with Gasteiger partial charge >= 0.3 is 6.18 Å². The van der Waals surface area contributed by atoms with Crippen molar-refractivity contribution in [1.82, 2.24) is 30.4 Å². The number of carbonyl (C=O) groups is 1. The molecule has 4 N–H and O–H groups in total. The number of nitrogen functional groups attached to an aromatic ring is 1. The predicted molar refractivity (Wildman–Crippen MR) is 94.2 cm³/mol. The maximum Gasteiger partial charge on any atom is 0.416 e. The summed E-state index contributed by atoms with van der Waals surface area (Å²) in [5.41, 5.74) is 5.76. The number of amides is 1. The molecule has 0 aliphatic carbocycles. The van der Waals surface area contributed by atoms with Crippen LogP contribution in [0.2, 0.25) is 0 Å². The number of anilines is 1. The van der Waals surface area contributed by atoms with E-state index in [1.54, 1.807) is 0 Å². The van der Waals surface area contributed by atoms with Crippen LogP contribution in [0.15, 0.2) is 41.2 Å². The lowest BCUT2D eigenvalue weighted by molar-refractivity contribution is -0.137. The number of H-pyrrole nitrogens is 1. The number of halogens is 3. The van der Waals surface area contributed by atoms with Gasteiger partial charge < -0.3 is 20.6 Å². The van der Waals surface area contributed by atoms with Crippen molar-refractivity contribution in [2.45, 2.75) is 12.7 Å². The van der Waals surface area contributed by atoms with Gasteiger partial charge in [-0.3, -0.25) is 4.79 Å². The first-order chi connectivity index (χ1) is 13.8. The monoisotopic (exact) mass is 403 g/mol. The Morgan fingerprint density at radius 1 is 1.21 bits per heavy atom. The number of fused-ring (bicyclic) bond motifs is 1. The van der Waals surface area contributed by atoms with E-state index in [-0.39, 0.29) is 35.2 Å². The second kappa shape index (κ2) is 6.89. The first-order valence-electron chi connectivity index (χ1n) is 8.18. The van der Waals surface area contributed by atoms with Crippen molar-refractivity contribution in [2.24, 2.45) is 0 Å². The normalized spacial score (nSPS) is 11.7. The first kappa shape index (κ1) is 18.4. The molecule has 29 heavy (non-hydrogen) atoms. The number of imidazole rings is 1. The van der Waals surface area contributed by atoms with Gasteiger partial charge in [0.2, 0.25) is 5.76 Å². The predicted octanol–water partition coefficient (Wildman–Crippen LogP) is 2.54. The highest BCUT2D eigenvalue weighted by molar-refractivity contribution is 5.92.